The van der Waals surface area contributed by atoms with E-state index in [-0.39, 0.29) is 5.75 Å². The van der Waals surface area contributed by atoms with E-state index in [0.717, 1.165) is 31.6 Å². The highest BCUT2D eigenvalue weighted by Crippen LogP contribution is 2.21. The van der Waals surface area contributed by atoms with Crippen molar-refractivity contribution in [2.75, 3.05) is 32.9 Å². The van der Waals surface area contributed by atoms with Crippen molar-refractivity contribution in [3.05, 3.63) is 30.1 Å². The topological polar surface area (TPSA) is 53.5 Å². The van der Waals surface area contributed by atoms with Crippen LogP contribution in [0, 0.1) is 0 Å². The van der Waals surface area contributed by atoms with Crippen molar-refractivity contribution in [3.8, 4) is 0 Å². The fraction of sp³-hybridized carbons (Fsp3) is 0.706. The molecule has 0 amide bonds. The van der Waals surface area contributed by atoms with Gasteiger partial charge in [-0.25, -0.2) is 12.7 Å². The van der Waals surface area contributed by atoms with Crippen LogP contribution in [0.4, 0.5) is 0 Å². The second-order valence-electron chi connectivity index (χ2n) is 6.50. The Morgan fingerprint density at radius 3 is 2.83 bits per heavy atom. The average molecular weight is 340 g/mol. The molecule has 1 aromatic heterocycles. The first-order valence-corrected chi connectivity index (χ1v) is 10.1. The Kier molecular flexibility index (Phi) is 6.99. The van der Waals surface area contributed by atoms with E-state index in [1.807, 2.05) is 18.3 Å². The van der Waals surface area contributed by atoms with Crippen molar-refractivity contribution in [2.24, 2.45) is 0 Å². The third kappa shape index (κ3) is 5.86. The lowest BCUT2D eigenvalue weighted by Crippen LogP contribution is -2.41. The van der Waals surface area contributed by atoms with Crippen molar-refractivity contribution in [1.82, 2.24) is 14.2 Å². The van der Waals surface area contributed by atoms with E-state index in [0.29, 0.717) is 12.5 Å². The summed E-state index contributed by atoms with van der Waals surface area (Å²) in [5, 5.41) is 0. The quantitative estimate of drug-likeness (QED) is 0.728. The zero-order chi connectivity index (χ0) is 16.7. The predicted molar refractivity (Wildman–Crippen MR) is 93.9 cm³/mol. The van der Waals surface area contributed by atoms with Crippen LogP contribution in [0.25, 0.3) is 0 Å². The van der Waals surface area contributed by atoms with Crippen LogP contribution in [0.3, 0.4) is 0 Å². The third-order valence-electron chi connectivity index (χ3n) is 4.61. The molecule has 1 fully saturated rings. The number of pyridine rings is 1. The van der Waals surface area contributed by atoms with Gasteiger partial charge in [-0.1, -0.05) is 12.5 Å². The van der Waals surface area contributed by atoms with Gasteiger partial charge in [0.15, 0.2) is 0 Å². The monoisotopic (exact) mass is 339 g/mol. The first kappa shape index (κ1) is 18.4. The van der Waals surface area contributed by atoms with Crippen LogP contribution in [0.15, 0.2) is 24.4 Å². The molecule has 1 aliphatic rings. The van der Waals surface area contributed by atoms with Crippen molar-refractivity contribution in [2.45, 2.75) is 44.6 Å². The highest BCUT2D eigenvalue weighted by Gasteiger charge is 2.23. The Labute approximate surface area is 140 Å². The Balaban J connectivity index is 1.81. The Morgan fingerprint density at radius 2 is 2.13 bits per heavy atom. The molecule has 0 aliphatic carbocycles. The SMILES string of the molecule is CN(C)S(=O)(=O)CCCN1CCCCC1CCc1ccccn1. The first-order chi connectivity index (χ1) is 11.0. The van der Waals surface area contributed by atoms with Crippen molar-refractivity contribution >= 4 is 10.0 Å². The lowest BCUT2D eigenvalue weighted by atomic mass is 9.97. The second-order valence-corrected chi connectivity index (χ2v) is 8.80. The third-order valence-corrected chi connectivity index (χ3v) is 6.53. The van der Waals surface area contributed by atoms with Gasteiger partial charge in [-0.2, -0.15) is 0 Å². The zero-order valence-electron chi connectivity index (χ0n) is 14.3. The Bertz CT molecular complexity index is 560. The van der Waals surface area contributed by atoms with Gasteiger partial charge >= 0.3 is 0 Å². The lowest BCUT2D eigenvalue weighted by Gasteiger charge is -2.36. The summed E-state index contributed by atoms with van der Waals surface area (Å²) in [6.45, 7) is 1.97. The van der Waals surface area contributed by atoms with Gasteiger partial charge in [0.1, 0.15) is 0 Å². The highest BCUT2D eigenvalue weighted by molar-refractivity contribution is 7.89. The van der Waals surface area contributed by atoms with Crippen molar-refractivity contribution in [3.63, 3.8) is 0 Å². The van der Waals surface area contributed by atoms with Crippen molar-refractivity contribution in [1.29, 1.82) is 0 Å². The average Bonchev–Trinajstić information content (AvgIpc) is 2.54. The van der Waals surface area contributed by atoms with E-state index < -0.39 is 10.0 Å². The summed E-state index contributed by atoms with van der Waals surface area (Å²) < 4.78 is 25.0. The molecule has 1 aromatic rings. The molecule has 6 heteroatoms. The standard InChI is InChI=1S/C17H29N3O2S/c1-19(2)23(21,22)15-7-14-20-13-6-4-9-17(20)11-10-16-8-3-5-12-18-16/h3,5,8,12,17H,4,6-7,9-11,13-15H2,1-2H3. The summed E-state index contributed by atoms with van der Waals surface area (Å²) >= 11 is 0. The van der Waals surface area contributed by atoms with Crippen molar-refractivity contribution < 1.29 is 8.42 Å². The molecule has 1 saturated heterocycles. The lowest BCUT2D eigenvalue weighted by molar-refractivity contribution is 0.140. The molecular formula is C17H29N3O2S. The predicted octanol–water partition coefficient (Wildman–Crippen LogP) is 2.15. The molecule has 2 rings (SSSR count). The molecule has 0 saturated carbocycles. The summed E-state index contributed by atoms with van der Waals surface area (Å²) in [6.07, 6.45) is 8.38. The fourth-order valence-corrected chi connectivity index (χ4v) is 4.03. The minimum Gasteiger partial charge on any atom is -0.300 e. The van der Waals surface area contributed by atoms with Crippen LogP contribution in [0.1, 0.15) is 37.8 Å². The van der Waals surface area contributed by atoms with E-state index in [1.165, 1.54) is 23.6 Å². The molecule has 0 bridgehead atoms. The van der Waals surface area contributed by atoms with Crippen LogP contribution in [-0.2, 0) is 16.4 Å². The van der Waals surface area contributed by atoms with E-state index in [2.05, 4.69) is 16.0 Å². The van der Waals surface area contributed by atoms with Gasteiger partial charge in [0.2, 0.25) is 10.0 Å². The van der Waals surface area contributed by atoms with Crippen LogP contribution < -0.4 is 0 Å². The fourth-order valence-electron chi connectivity index (χ4n) is 3.17. The number of hydrogen-bond donors (Lipinski definition) is 0. The molecule has 1 unspecified atom stereocenters. The highest BCUT2D eigenvalue weighted by atomic mass is 32.2. The van der Waals surface area contributed by atoms with Crippen LogP contribution >= 0.6 is 0 Å². The molecule has 23 heavy (non-hydrogen) atoms. The van der Waals surface area contributed by atoms with Gasteiger partial charge in [-0.15, -0.1) is 0 Å². The Hall–Kier alpha value is -0.980. The van der Waals surface area contributed by atoms with Gasteiger partial charge in [0.05, 0.1) is 5.75 Å². The summed E-state index contributed by atoms with van der Waals surface area (Å²) in [5.74, 6) is 0.240. The van der Waals surface area contributed by atoms with Gasteiger partial charge in [0.25, 0.3) is 0 Å². The van der Waals surface area contributed by atoms with Crippen LogP contribution in [-0.4, -0.2) is 61.6 Å². The summed E-state index contributed by atoms with van der Waals surface area (Å²) in [5.41, 5.74) is 1.15. The number of sulfonamides is 1. The summed E-state index contributed by atoms with van der Waals surface area (Å²) in [4.78, 5) is 6.88. The van der Waals surface area contributed by atoms with Gasteiger partial charge < -0.3 is 4.90 Å². The minimum atomic E-state index is -3.08. The first-order valence-electron chi connectivity index (χ1n) is 8.53. The van der Waals surface area contributed by atoms with Gasteiger partial charge in [-0.3, -0.25) is 4.98 Å². The van der Waals surface area contributed by atoms with E-state index in [9.17, 15) is 8.42 Å². The molecule has 130 valence electrons. The molecular weight excluding hydrogens is 310 g/mol. The smallest absolute Gasteiger partial charge is 0.213 e. The van der Waals surface area contributed by atoms with Gasteiger partial charge in [0, 0.05) is 32.0 Å². The maximum atomic E-state index is 11.9. The number of nitrogens with zero attached hydrogens (tertiary/aromatic N) is 3. The van der Waals surface area contributed by atoms with Crippen LogP contribution in [0.2, 0.25) is 0 Å². The number of piperidine rings is 1. The van der Waals surface area contributed by atoms with Crippen LogP contribution in [0.5, 0.6) is 0 Å². The maximum absolute atomic E-state index is 11.9. The number of hydrogen-bond acceptors (Lipinski definition) is 4. The molecule has 0 spiro atoms. The summed E-state index contributed by atoms with van der Waals surface area (Å²) in [6, 6.07) is 6.62. The molecule has 2 heterocycles. The second kappa shape index (κ2) is 8.76. The normalized spacial score (nSPS) is 20.0. The number of aryl methyl sites for hydroxylation is 1. The van der Waals surface area contributed by atoms with E-state index >= 15 is 0 Å². The maximum Gasteiger partial charge on any atom is 0.213 e. The molecule has 1 aliphatic heterocycles. The molecule has 5 nitrogen and oxygen atoms in total. The molecule has 1 atom stereocenters. The largest absolute Gasteiger partial charge is 0.300 e. The van der Waals surface area contributed by atoms with E-state index in [1.54, 1.807) is 14.1 Å². The molecule has 0 N–H and O–H groups in total. The zero-order valence-corrected chi connectivity index (χ0v) is 15.1. The number of rotatable bonds is 8. The Morgan fingerprint density at radius 1 is 1.30 bits per heavy atom. The van der Waals surface area contributed by atoms with E-state index in [4.69, 9.17) is 0 Å². The molecule has 0 radical (unpaired) electrons. The minimum absolute atomic E-state index is 0.240. The molecule has 0 aromatic carbocycles. The number of aromatic nitrogens is 1. The van der Waals surface area contributed by atoms with Gasteiger partial charge in [-0.05, 0) is 57.3 Å². The summed E-state index contributed by atoms with van der Waals surface area (Å²) in [7, 11) is 0.131. The number of likely N-dealkylation sites (tertiary alicyclic amines) is 1.